The Bertz CT molecular complexity index is 907. The molecule has 0 radical (unpaired) electrons. The number of amides is 1. The largest absolute Gasteiger partial charge is 0.456 e. The molecule has 1 atom stereocenters. The fourth-order valence-corrected chi connectivity index (χ4v) is 3.35. The van der Waals surface area contributed by atoms with Gasteiger partial charge in [0, 0.05) is 24.0 Å². The summed E-state index contributed by atoms with van der Waals surface area (Å²) in [6, 6.07) is 19.1. The van der Waals surface area contributed by atoms with E-state index in [4.69, 9.17) is 4.74 Å². The van der Waals surface area contributed by atoms with E-state index < -0.39 is 0 Å². The number of rotatable bonds is 3. The van der Waals surface area contributed by atoms with Gasteiger partial charge in [-0.05, 0) is 60.4 Å². The van der Waals surface area contributed by atoms with Crippen molar-refractivity contribution in [3.63, 3.8) is 0 Å². The number of hydrogen-bond acceptors (Lipinski definition) is 3. The number of ether oxygens (including phenoxy) is 1. The van der Waals surface area contributed by atoms with Gasteiger partial charge in [0.05, 0.1) is 6.20 Å². The van der Waals surface area contributed by atoms with Crippen LogP contribution in [0.5, 0.6) is 11.5 Å². The number of carbonyl (C=O) groups excluding carboxylic acids is 1. The smallest absolute Gasteiger partial charge is 0.258 e. The van der Waals surface area contributed by atoms with Crippen LogP contribution in [0.2, 0.25) is 0 Å². The highest BCUT2D eigenvalue weighted by Gasteiger charge is 2.26. The fourth-order valence-electron chi connectivity index (χ4n) is 3.35. The van der Waals surface area contributed by atoms with Crippen LogP contribution >= 0.6 is 0 Å². The van der Waals surface area contributed by atoms with Gasteiger partial charge in [-0.3, -0.25) is 9.78 Å². The lowest BCUT2D eigenvalue weighted by atomic mass is 9.93. The number of fused-ring (bicyclic) bond motifs is 1. The first kappa shape index (κ1) is 16.3. The number of nitrogens with zero attached hydrogens (tertiary/aromatic N) is 2. The third kappa shape index (κ3) is 3.31. The van der Waals surface area contributed by atoms with E-state index in [1.807, 2.05) is 59.5 Å². The number of benzene rings is 2. The first-order valence-electron chi connectivity index (χ1n) is 8.78. The van der Waals surface area contributed by atoms with E-state index >= 15 is 0 Å². The Hall–Kier alpha value is -3.14. The standard InChI is InChI=1S/C22H20N2O2/c1-16-13-18-5-2-3-7-21(18)24(15-16)22(25)17-8-10-19(11-9-17)26-20-6-4-12-23-14-20/h2-12,14,16H,13,15H2,1H3. The Balaban J connectivity index is 1.55. The van der Waals surface area contributed by atoms with Crippen molar-refractivity contribution in [3.05, 3.63) is 84.2 Å². The summed E-state index contributed by atoms with van der Waals surface area (Å²) in [4.78, 5) is 19.0. The average molecular weight is 344 g/mol. The number of pyridine rings is 1. The van der Waals surface area contributed by atoms with Gasteiger partial charge < -0.3 is 9.64 Å². The zero-order valence-corrected chi connectivity index (χ0v) is 14.6. The summed E-state index contributed by atoms with van der Waals surface area (Å²) in [5, 5.41) is 0. The molecule has 0 saturated heterocycles. The molecule has 0 spiro atoms. The Morgan fingerprint density at radius 2 is 1.85 bits per heavy atom. The van der Waals surface area contributed by atoms with Gasteiger partial charge in [-0.15, -0.1) is 0 Å². The molecule has 26 heavy (non-hydrogen) atoms. The van der Waals surface area contributed by atoms with E-state index in [0.29, 0.717) is 23.0 Å². The summed E-state index contributed by atoms with van der Waals surface area (Å²) in [7, 11) is 0. The van der Waals surface area contributed by atoms with Crippen molar-refractivity contribution < 1.29 is 9.53 Å². The molecule has 0 N–H and O–H groups in total. The molecule has 1 unspecified atom stereocenters. The van der Waals surface area contributed by atoms with E-state index in [1.54, 1.807) is 12.4 Å². The Morgan fingerprint density at radius 3 is 2.62 bits per heavy atom. The van der Waals surface area contributed by atoms with Crippen molar-refractivity contribution in [3.8, 4) is 11.5 Å². The lowest BCUT2D eigenvalue weighted by Crippen LogP contribution is -2.39. The van der Waals surface area contributed by atoms with Crippen LogP contribution in [0.25, 0.3) is 0 Å². The summed E-state index contributed by atoms with van der Waals surface area (Å²) in [6.07, 6.45) is 4.37. The zero-order chi connectivity index (χ0) is 17.9. The minimum Gasteiger partial charge on any atom is -0.456 e. The molecule has 1 aliphatic heterocycles. The third-order valence-corrected chi connectivity index (χ3v) is 4.56. The Morgan fingerprint density at radius 1 is 1.04 bits per heavy atom. The SMILES string of the molecule is CC1Cc2ccccc2N(C(=O)c2ccc(Oc3cccnc3)cc2)C1. The van der Waals surface area contributed by atoms with Gasteiger partial charge in [-0.2, -0.15) is 0 Å². The van der Waals surface area contributed by atoms with Crippen LogP contribution < -0.4 is 9.64 Å². The minimum absolute atomic E-state index is 0.0249. The van der Waals surface area contributed by atoms with Crippen molar-refractivity contribution in [1.82, 2.24) is 4.98 Å². The van der Waals surface area contributed by atoms with Gasteiger partial charge in [-0.1, -0.05) is 25.1 Å². The molecule has 0 saturated carbocycles. The molecule has 3 aromatic rings. The molecule has 4 heteroatoms. The maximum atomic E-state index is 13.1. The Kier molecular flexibility index (Phi) is 4.40. The molecule has 4 rings (SSSR count). The second-order valence-electron chi connectivity index (χ2n) is 6.67. The molecular weight excluding hydrogens is 324 g/mol. The van der Waals surface area contributed by atoms with E-state index in [-0.39, 0.29) is 5.91 Å². The van der Waals surface area contributed by atoms with Crippen molar-refractivity contribution in [1.29, 1.82) is 0 Å². The van der Waals surface area contributed by atoms with E-state index in [0.717, 1.165) is 18.7 Å². The zero-order valence-electron chi connectivity index (χ0n) is 14.6. The van der Waals surface area contributed by atoms with E-state index in [2.05, 4.69) is 18.0 Å². The molecule has 2 aromatic carbocycles. The highest BCUT2D eigenvalue weighted by molar-refractivity contribution is 6.06. The first-order valence-corrected chi connectivity index (χ1v) is 8.78. The molecule has 2 heterocycles. The number of aromatic nitrogens is 1. The van der Waals surface area contributed by atoms with Crippen molar-refractivity contribution in [2.75, 3.05) is 11.4 Å². The topological polar surface area (TPSA) is 42.4 Å². The van der Waals surface area contributed by atoms with Crippen LogP contribution in [0, 0.1) is 5.92 Å². The highest BCUT2D eigenvalue weighted by atomic mass is 16.5. The monoisotopic (exact) mass is 344 g/mol. The minimum atomic E-state index is 0.0249. The quantitative estimate of drug-likeness (QED) is 0.691. The molecule has 0 bridgehead atoms. The van der Waals surface area contributed by atoms with Crippen LogP contribution in [0.3, 0.4) is 0 Å². The second kappa shape index (κ2) is 7.00. The van der Waals surface area contributed by atoms with Crippen LogP contribution in [0.4, 0.5) is 5.69 Å². The maximum absolute atomic E-state index is 13.1. The third-order valence-electron chi connectivity index (χ3n) is 4.56. The Labute approximate surface area is 153 Å². The van der Waals surface area contributed by atoms with Crippen LogP contribution in [0.15, 0.2) is 73.1 Å². The summed E-state index contributed by atoms with van der Waals surface area (Å²) in [5.41, 5.74) is 2.91. The number of para-hydroxylation sites is 1. The number of carbonyl (C=O) groups is 1. The van der Waals surface area contributed by atoms with Crippen molar-refractivity contribution in [2.45, 2.75) is 13.3 Å². The van der Waals surface area contributed by atoms with Crippen LogP contribution in [-0.4, -0.2) is 17.4 Å². The molecule has 0 aliphatic carbocycles. The second-order valence-corrected chi connectivity index (χ2v) is 6.67. The molecule has 1 aromatic heterocycles. The summed E-state index contributed by atoms with van der Waals surface area (Å²) in [6.45, 7) is 2.92. The number of hydrogen-bond donors (Lipinski definition) is 0. The first-order chi connectivity index (χ1) is 12.7. The predicted octanol–water partition coefficient (Wildman–Crippen LogP) is 4.71. The summed E-state index contributed by atoms with van der Waals surface area (Å²) >= 11 is 0. The lowest BCUT2D eigenvalue weighted by Gasteiger charge is -2.33. The molecular formula is C22H20N2O2. The molecule has 4 nitrogen and oxygen atoms in total. The van der Waals surface area contributed by atoms with Gasteiger partial charge in [0.2, 0.25) is 0 Å². The van der Waals surface area contributed by atoms with Crippen LogP contribution in [0.1, 0.15) is 22.8 Å². The van der Waals surface area contributed by atoms with Gasteiger partial charge in [0.15, 0.2) is 0 Å². The van der Waals surface area contributed by atoms with E-state index in [1.165, 1.54) is 5.56 Å². The maximum Gasteiger partial charge on any atom is 0.258 e. The van der Waals surface area contributed by atoms with Crippen molar-refractivity contribution >= 4 is 11.6 Å². The molecule has 130 valence electrons. The average Bonchev–Trinajstić information content (AvgIpc) is 2.68. The molecule has 1 aliphatic rings. The molecule has 1 amide bonds. The van der Waals surface area contributed by atoms with Crippen LogP contribution in [-0.2, 0) is 6.42 Å². The fraction of sp³-hybridized carbons (Fsp3) is 0.182. The number of anilines is 1. The summed E-state index contributed by atoms with van der Waals surface area (Å²) < 4.78 is 5.74. The van der Waals surface area contributed by atoms with Gasteiger partial charge >= 0.3 is 0 Å². The van der Waals surface area contributed by atoms with Gasteiger partial charge in [0.25, 0.3) is 5.91 Å². The lowest BCUT2D eigenvalue weighted by molar-refractivity contribution is 0.0981. The highest BCUT2D eigenvalue weighted by Crippen LogP contribution is 2.31. The predicted molar refractivity (Wildman–Crippen MR) is 102 cm³/mol. The summed E-state index contributed by atoms with van der Waals surface area (Å²) in [5.74, 6) is 1.83. The molecule has 0 fully saturated rings. The van der Waals surface area contributed by atoms with Gasteiger partial charge in [-0.25, -0.2) is 0 Å². The normalized spacial score (nSPS) is 16.0. The van der Waals surface area contributed by atoms with Crippen molar-refractivity contribution in [2.24, 2.45) is 5.92 Å². The van der Waals surface area contributed by atoms with Gasteiger partial charge in [0.1, 0.15) is 11.5 Å². The van der Waals surface area contributed by atoms with E-state index in [9.17, 15) is 4.79 Å².